The Bertz CT molecular complexity index is 650. The zero-order chi connectivity index (χ0) is 15.4. The van der Waals surface area contributed by atoms with Gasteiger partial charge in [0.2, 0.25) is 11.8 Å². The summed E-state index contributed by atoms with van der Waals surface area (Å²) in [5.74, 6) is 0.978. The highest BCUT2D eigenvalue weighted by atomic mass is 35.5. The van der Waals surface area contributed by atoms with E-state index in [1.165, 1.54) is 12.1 Å². The number of rotatable bonds is 5. The summed E-state index contributed by atoms with van der Waals surface area (Å²) in [6.07, 6.45) is 0.852. The first-order chi connectivity index (χ1) is 10.0. The van der Waals surface area contributed by atoms with Crippen LogP contribution in [0.25, 0.3) is 0 Å². The maximum Gasteiger partial charge on any atom is 0.240 e. The Hall–Kier alpha value is -1.36. The van der Waals surface area contributed by atoms with Gasteiger partial charge in [0.05, 0.1) is 27.4 Å². The molecule has 1 heterocycles. The van der Waals surface area contributed by atoms with Crippen LogP contribution in [0.2, 0.25) is 15.1 Å². The molecule has 1 aromatic carbocycles. The summed E-state index contributed by atoms with van der Waals surface area (Å²) in [4.78, 5) is 4.19. The van der Waals surface area contributed by atoms with Crippen LogP contribution < -0.4 is 15.2 Å². The molecule has 0 aliphatic carbocycles. The zero-order valence-electron chi connectivity index (χ0n) is 11.2. The molecule has 0 unspecified atom stereocenters. The van der Waals surface area contributed by atoms with Crippen molar-refractivity contribution in [3.8, 4) is 17.5 Å². The number of nitrogens with two attached hydrogens (primary N) is 1. The minimum atomic E-state index is 0.301. The van der Waals surface area contributed by atoms with E-state index < -0.39 is 0 Å². The molecule has 2 N–H and O–H groups in total. The Morgan fingerprint density at radius 3 is 2.52 bits per heavy atom. The number of nitrogens with zero attached hydrogens (tertiary/aromatic N) is 1. The van der Waals surface area contributed by atoms with Gasteiger partial charge in [0, 0.05) is 12.1 Å². The Balaban J connectivity index is 2.25. The number of aromatic nitrogens is 1. The Kier molecular flexibility index (Phi) is 5.39. The maximum atomic E-state index is 6.05. The van der Waals surface area contributed by atoms with Gasteiger partial charge in [0.1, 0.15) is 5.75 Å². The first-order valence-corrected chi connectivity index (χ1v) is 7.36. The van der Waals surface area contributed by atoms with Crippen molar-refractivity contribution >= 4 is 40.5 Å². The summed E-state index contributed by atoms with van der Waals surface area (Å²) in [5.41, 5.74) is 6.23. The van der Waals surface area contributed by atoms with E-state index in [4.69, 9.17) is 50.0 Å². The molecule has 7 heteroatoms. The molecule has 21 heavy (non-hydrogen) atoms. The average Bonchev–Trinajstić information content (AvgIpc) is 2.45. The molecule has 4 nitrogen and oxygen atoms in total. The molecule has 0 fully saturated rings. The van der Waals surface area contributed by atoms with Crippen LogP contribution in [-0.2, 0) is 0 Å². The van der Waals surface area contributed by atoms with Crippen molar-refractivity contribution in [3.05, 3.63) is 39.3 Å². The predicted octanol–water partition coefficient (Wildman–Crippen LogP) is 5.21. The summed E-state index contributed by atoms with van der Waals surface area (Å²) in [7, 11) is 0. The van der Waals surface area contributed by atoms with E-state index in [1.807, 2.05) is 6.92 Å². The van der Waals surface area contributed by atoms with Crippen LogP contribution in [0, 0.1) is 0 Å². The van der Waals surface area contributed by atoms with E-state index in [9.17, 15) is 0 Å². The molecular formula is C14H13Cl3N2O2. The van der Waals surface area contributed by atoms with Gasteiger partial charge in [-0.2, -0.15) is 4.98 Å². The molecule has 0 spiro atoms. The lowest BCUT2D eigenvalue weighted by atomic mass is 10.3. The molecular weight excluding hydrogens is 335 g/mol. The summed E-state index contributed by atoms with van der Waals surface area (Å²) in [6.45, 7) is 2.51. The number of ether oxygens (including phenoxy) is 2. The summed E-state index contributed by atoms with van der Waals surface area (Å²) >= 11 is 17.9. The number of hydrogen-bond acceptors (Lipinski definition) is 4. The minimum Gasteiger partial charge on any atom is -0.476 e. The van der Waals surface area contributed by atoms with Gasteiger partial charge in [0.25, 0.3) is 0 Å². The second kappa shape index (κ2) is 7.07. The molecule has 2 aromatic rings. The lowest BCUT2D eigenvalue weighted by molar-refractivity contribution is 0.302. The van der Waals surface area contributed by atoms with Crippen LogP contribution in [0.4, 0.5) is 5.69 Å². The van der Waals surface area contributed by atoms with Gasteiger partial charge < -0.3 is 15.2 Å². The lowest BCUT2D eigenvalue weighted by Gasteiger charge is -2.11. The predicted molar refractivity (Wildman–Crippen MR) is 86.0 cm³/mol. The quantitative estimate of drug-likeness (QED) is 0.755. The van der Waals surface area contributed by atoms with Gasteiger partial charge in [-0.15, -0.1) is 0 Å². The number of benzene rings is 1. The Morgan fingerprint density at radius 1 is 1.10 bits per heavy atom. The normalized spacial score (nSPS) is 10.5. The zero-order valence-corrected chi connectivity index (χ0v) is 13.5. The second-order valence-corrected chi connectivity index (χ2v) is 5.41. The standard InChI is InChI=1S/C14H13Cl3N2O2/c1-2-5-20-14-11(18)3-4-13(19-14)21-12-7-9(16)8(15)6-10(12)17/h3-4,6-7H,2,5,18H2,1H3. The molecule has 0 saturated carbocycles. The lowest BCUT2D eigenvalue weighted by Crippen LogP contribution is -2.02. The molecule has 0 amide bonds. The third-order valence-electron chi connectivity index (χ3n) is 2.50. The Labute approximate surface area is 137 Å². The number of nitrogen functional groups attached to an aromatic ring is 1. The summed E-state index contributed by atoms with van der Waals surface area (Å²) < 4.78 is 11.0. The van der Waals surface area contributed by atoms with Crippen molar-refractivity contribution in [1.82, 2.24) is 4.98 Å². The van der Waals surface area contributed by atoms with Gasteiger partial charge in [-0.25, -0.2) is 0 Å². The van der Waals surface area contributed by atoms with Gasteiger partial charge in [-0.1, -0.05) is 41.7 Å². The Morgan fingerprint density at radius 2 is 1.81 bits per heavy atom. The third-order valence-corrected chi connectivity index (χ3v) is 3.51. The number of hydrogen-bond donors (Lipinski definition) is 1. The van der Waals surface area contributed by atoms with E-state index in [2.05, 4.69) is 4.98 Å². The smallest absolute Gasteiger partial charge is 0.240 e. The van der Waals surface area contributed by atoms with Crippen molar-refractivity contribution in [2.75, 3.05) is 12.3 Å². The SMILES string of the molecule is CCCOc1nc(Oc2cc(Cl)c(Cl)cc2Cl)ccc1N. The summed E-state index contributed by atoms with van der Waals surface area (Å²) in [5, 5.41) is 1.03. The van der Waals surface area contributed by atoms with Crippen molar-refractivity contribution in [2.45, 2.75) is 13.3 Å². The fourth-order valence-corrected chi connectivity index (χ4v) is 2.08. The van der Waals surface area contributed by atoms with Crippen LogP contribution in [0.1, 0.15) is 13.3 Å². The highest BCUT2D eigenvalue weighted by Gasteiger charge is 2.11. The fourth-order valence-electron chi connectivity index (χ4n) is 1.50. The van der Waals surface area contributed by atoms with E-state index in [1.54, 1.807) is 12.1 Å². The largest absolute Gasteiger partial charge is 0.476 e. The van der Waals surface area contributed by atoms with E-state index in [0.717, 1.165) is 6.42 Å². The summed E-state index contributed by atoms with van der Waals surface area (Å²) in [6, 6.07) is 6.30. The van der Waals surface area contributed by atoms with Crippen LogP contribution in [-0.4, -0.2) is 11.6 Å². The molecule has 0 radical (unpaired) electrons. The van der Waals surface area contributed by atoms with Gasteiger partial charge in [-0.05, 0) is 18.6 Å². The second-order valence-electron chi connectivity index (χ2n) is 4.19. The molecule has 0 bridgehead atoms. The highest BCUT2D eigenvalue weighted by molar-refractivity contribution is 6.43. The maximum absolute atomic E-state index is 6.05. The number of pyridine rings is 1. The van der Waals surface area contributed by atoms with Gasteiger partial charge in [-0.3, -0.25) is 0 Å². The van der Waals surface area contributed by atoms with Crippen molar-refractivity contribution in [2.24, 2.45) is 0 Å². The first kappa shape index (κ1) is 16.0. The monoisotopic (exact) mass is 346 g/mol. The van der Waals surface area contributed by atoms with Crippen molar-refractivity contribution < 1.29 is 9.47 Å². The van der Waals surface area contributed by atoms with Gasteiger partial charge in [0.15, 0.2) is 0 Å². The van der Waals surface area contributed by atoms with Crippen LogP contribution in [0.15, 0.2) is 24.3 Å². The molecule has 0 aliphatic heterocycles. The average molecular weight is 348 g/mol. The molecule has 1 aromatic heterocycles. The molecule has 112 valence electrons. The van der Waals surface area contributed by atoms with Crippen molar-refractivity contribution in [1.29, 1.82) is 0 Å². The van der Waals surface area contributed by atoms with E-state index in [0.29, 0.717) is 44.9 Å². The van der Waals surface area contributed by atoms with Crippen molar-refractivity contribution in [3.63, 3.8) is 0 Å². The molecule has 0 saturated heterocycles. The molecule has 2 rings (SSSR count). The first-order valence-electron chi connectivity index (χ1n) is 6.23. The molecule has 0 aliphatic rings. The fraction of sp³-hybridized carbons (Fsp3) is 0.214. The van der Waals surface area contributed by atoms with Crippen LogP contribution >= 0.6 is 34.8 Å². The third kappa shape index (κ3) is 4.06. The van der Waals surface area contributed by atoms with Crippen LogP contribution in [0.3, 0.4) is 0 Å². The topological polar surface area (TPSA) is 57.4 Å². The van der Waals surface area contributed by atoms with E-state index >= 15 is 0 Å². The number of halogens is 3. The van der Waals surface area contributed by atoms with Crippen LogP contribution in [0.5, 0.6) is 17.5 Å². The minimum absolute atomic E-state index is 0.301. The number of anilines is 1. The van der Waals surface area contributed by atoms with Gasteiger partial charge >= 0.3 is 0 Å². The van der Waals surface area contributed by atoms with E-state index in [-0.39, 0.29) is 0 Å². The molecule has 0 atom stereocenters. The highest BCUT2D eigenvalue weighted by Crippen LogP contribution is 2.36.